The Morgan fingerprint density at radius 1 is 1.24 bits per heavy atom. The van der Waals surface area contributed by atoms with E-state index in [9.17, 15) is 4.79 Å². The Bertz CT molecular complexity index is 986. The molecule has 0 radical (unpaired) electrons. The molecule has 6 nitrogen and oxygen atoms in total. The van der Waals surface area contributed by atoms with Crippen LogP contribution in [-0.4, -0.2) is 27.6 Å². The summed E-state index contributed by atoms with van der Waals surface area (Å²) in [5.74, 6) is 0.930. The molecule has 29 heavy (non-hydrogen) atoms. The van der Waals surface area contributed by atoms with Gasteiger partial charge in [0.15, 0.2) is 0 Å². The first-order valence-electron chi connectivity index (χ1n) is 9.90. The molecule has 4 rings (SSSR count). The number of nitrogens with zero attached hydrogens (tertiary/aromatic N) is 3. The summed E-state index contributed by atoms with van der Waals surface area (Å²) >= 11 is 6.06. The maximum Gasteiger partial charge on any atom is 0.322 e. The number of benzene rings is 2. The van der Waals surface area contributed by atoms with Gasteiger partial charge in [-0.15, -0.1) is 0 Å². The zero-order valence-electron chi connectivity index (χ0n) is 16.3. The maximum atomic E-state index is 12.9. The van der Waals surface area contributed by atoms with Crippen molar-refractivity contribution in [1.82, 2.24) is 15.0 Å². The maximum absolute atomic E-state index is 12.9. The Balaban J connectivity index is 1.52. The molecule has 1 aliphatic rings. The van der Waals surface area contributed by atoms with Gasteiger partial charge in [0.2, 0.25) is 11.7 Å². The first-order chi connectivity index (χ1) is 14.1. The summed E-state index contributed by atoms with van der Waals surface area (Å²) in [6.07, 6.45) is 3.72. The molecule has 1 aromatic heterocycles. The van der Waals surface area contributed by atoms with Crippen LogP contribution in [0.1, 0.15) is 43.7 Å². The topological polar surface area (TPSA) is 71.3 Å². The van der Waals surface area contributed by atoms with E-state index >= 15 is 0 Å². The summed E-state index contributed by atoms with van der Waals surface area (Å²) < 4.78 is 5.53. The number of piperidine rings is 1. The molecule has 2 amide bonds. The molecule has 150 valence electrons. The van der Waals surface area contributed by atoms with Crippen molar-refractivity contribution in [3.05, 3.63) is 65.0 Å². The van der Waals surface area contributed by atoms with Gasteiger partial charge >= 0.3 is 6.03 Å². The number of anilines is 1. The fourth-order valence-electron chi connectivity index (χ4n) is 3.57. The number of carbonyl (C=O) groups is 1. The number of carbonyl (C=O) groups excluding carboxylic acids is 1. The summed E-state index contributed by atoms with van der Waals surface area (Å²) in [5.41, 5.74) is 2.80. The molecule has 2 heterocycles. The second kappa shape index (κ2) is 8.66. The largest absolute Gasteiger partial charge is 0.337 e. The second-order valence-electron chi connectivity index (χ2n) is 7.15. The van der Waals surface area contributed by atoms with Crippen molar-refractivity contribution in [2.75, 3.05) is 11.9 Å². The van der Waals surface area contributed by atoms with Crippen LogP contribution in [0.4, 0.5) is 10.5 Å². The van der Waals surface area contributed by atoms with Crippen LogP contribution >= 0.6 is 11.6 Å². The van der Waals surface area contributed by atoms with Gasteiger partial charge in [-0.25, -0.2) is 4.79 Å². The molecule has 1 aliphatic heterocycles. The van der Waals surface area contributed by atoms with Gasteiger partial charge in [-0.1, -0.05) is 47.9 Å². The van der Waals surface area contributed by atoms with E-state index in [4.69, 9.17) is 16.1 Å². The molecule has 3 aromatic rings. The number of urea groups is 1. The number of likely N-dealkylation sites (tertiary alicyclic amines) is 1. The molecule has 0 saturated carbocycles. The van der Waals surface area contributed by atoms with Gasteiger partial charge in [0.1, 0.15) is 6.04 Å². The van der Waals surface area contributed by atoms with E-state index < -0.39 is 0 Å². The summed E-state index contributed by atoms with van der Waals surface area (Å²) in [5, 5.41) is 7.70. The number of aryl methyl sites for hydroxylation is 1. The number of halogens is 1. The minimum absolute atomic E-state index is 0.151. The molecular weight excluding hydrogens is 388 g/mol. The van der Waals surface area contributed by atoms with E-state index in [0.29, 0.717) is 23.3 Å². The van der Waals surface area contributed by atoms with Gasteiger partial charge < -0.3 is 14.7 Å². The fraction of sp³-hybridized carbons (Fsp3) is 0.318. The standard InChI is InChI=1S/C22H23ClN4O2/c1-2-15-9-11-18(12-10-15)24-22(28)27-13-4-3-8-19(27)21-25-20(26-29-21)16-6-5-7-17(23)14-16/h5-7,9-12,14,19H,2-4,8,13H2,1H3,(H,24,28). The Morgan fingerprint density at radius 3 is 2.83 bits per heavy atom. The van der Waals surface area contributed by atoms with E-state index in [1.54, 1.807) is 17.0 Å². The van der Waals surface area contributed by atoms with Crippen molar-refractivity contribution in [1.29, 1.82) is 0 Å². The average Bonchev–Trinajstić information content (AvgIpc) is 3.24. The quantitative estimate of drug-likeness (QED) is 0.597. The van der Waals surface area contributed by atoms with E-state index in [1.807, 2.05) is 36.4 Å². The van der Waals surface area contributed by atoms with Crippen LogP contribution < -0.4 is 5.32 Å². The predicted octanol–water partition coefficient (Wildman–Crippen LogP) is 5.71. The fourth-order valence-corrected chi connectivity index (χ4v) is 3.76. The highest BCUT2D eigenvalue weighted by atomic mass is 35.5. The molecule has 2 aromatic carbocycles. The minimum atomic E-state index is -0.237. The molecule has 0 spiro atoms. The van der Waals surface area contributed by atoms with Crippen molar-refractivity contribution in [2.45, 2.75) is 38.6 Å². The van der Waals surface area contributed by atoms with Crippen LogP contribution in [-0.2, 0) is 6.42 Å². The smallest absolute Gasteiger partial charge is 0.322 e. The first-order valence-corrected chi connectivity index (χ1v) is 10.3. The van der Waals surface area contributed by atoms with Crippen molar-refractivity contribution < 1.29 is 9.32 Å². The lowest BCUT2D eigenvalue weighted by Crippen LogP contribution is -2.41. The summed E-state index contributed by atoms with van der Waals surface area (Å²) in [7, 11) is 0. The Hall–Kier alpha value is -2.86. The first kappa shape index (κ1) is 19.5. The summed E-state index contributed by atoms with van der Waals surface area (Å²) in [6.45, 7) is 2.76. The number of amides is 2. The van der Waals surface area contributed by atoms with Crippen LogP contribution in [0.15, 0.2) is 53.1 Å². The second-order valence-corrected chi connectivity index (χ2v) is 7.59. The van der Waals surface area contributed by atoms with Gasteiger partial charge in [0.25, 0.3) is 0 Å². The molecule has 1 saturated heterocycles. The third-order valence-electron chi connectivity index (χ3n) is 5.19. The van der Waals surface area contributed by atoms with Gasteiger partial charge in [0.05, 0.1) is 0 Å². The zero-order chi connectivity index (χ0) is 20.2. The lowest BCUT2D eigenvalue weighted by atomic mass is 10.0. The average molecular weight is 411 g/mol. The SMILES string of the molecule is CCc1ccc(NC(=O)N2CCCCC2c2nc(-c3cccc(Cl)c3)no2)cc1. The van der Waals surface area contributed by atoms with Crippen molar-refractivity contribution in [2.24, 2.45) is 0 Å². The Kier molecular flexibility index (Phi) is 5.81. The minimum Gasteiger partial charge on any atom is -0.337 e. The molecular formula is C22H23ClN4O2. The van der Waals surface area contributed by atoms with E-state index in [0.717, 1.165) is 36.9 Å². The third-order valence-corrected chi connectivity index (χ3v) is 5.42. The Labute approximate surface area is 174 Å². The van der Waals surface area contributed by atoms with Gasteiger partial charge in [-0.2, -0.15) is 4.98 Å². The monoisotopic (exact) mass is 410 g/mol. The highest BCUT2D eigenvalue weighted by molar-refractivity contribution is 6.30. The van der Waals surface area contributed by atoms with Gasteiger partial charge in [-0.3, -0.25) is 0 Å². The number of hydrogen-bond donors (Lipinski definition) is 1. The zero-order valence-corrected chi connectivity index (χ0v) is 17.0. The van der Waals surface area contributed by atoms with Crippen molar-refractivity contribution in [3.8, 4) is 11.4 Å². The normalized spacial score (nSPS) is 16.6. The summed E-state index contributed by atoms with van der Waals surface area (Å²) in [4.78, 5) is 19.3. The highest BCUT2D eigenvalue weighted by Gasteiger charge is 2.32. The number of aromatic nitrogens is 2. The summed E-state index contributed by atoms with van der Waals surface area (Å²) in [6, 6.07) is 14.8. The number of hydrogen-bond acceptors (Lipinski definition) is 4. The molecule has 0 aliphatic carbocycles. The van der Waals surface area contributed by atoms with Crippen LogP contribution in [0.2, 0.25) is 5.02 Å². The van der Waals surface area contributed by atoms with E-state index in [-0.39, 0.29) is 12.1 Å². The lowest BCUT2D eigenvalue weighted by Gasteiger charge is -2.33. The molecule has 0 bridgehead atoms. The Morgan fingerprint density at radius 2 is 2.07 bits per heavy atom. The van der Waals surface area contributed by atoms with Crippen molar-refractivity contribution >= 4 is 23.3 Å². The highest BCUT2D eigenvalue weighted by Crippen LogP contribution is 2.32. The van der Waals surface area contributed by atoms with Crippen molar-refractivity contribution in [3.63, 3.8) is 0 Å². The van der Waals surface area contributed by atoms with Crippen LogP contribution in [0, 0.1) is 0 Å². The van der Waals surface area contributed by atoms with E-state index in [2.05, 4.69) is 22.4 Å². The lowest BCUT2D eigenvalue weighted by molar-refractivity contribution is 0.142. The van der Waals surface area contributed by atoms with E-state index in [1.165, 1.54) is 5.56 Å². The van der Waals surface area contributed by atoms with Crippen LogP contribution in [0.3, 0.4) is 0 Å². The molecule has 1 N–H and O–H groups in total. The molecule has 1 fully saturated rings. The molecule has 7 heteroatoms. The molecule has 1 atom stereocenters. The van der Waals surface area contributed by atoms with Gasteiger partial charge in [-0.05, 0) is 55.5 Å². The molecule has 1 unspecified atom stereocenters. The number of rotatable bonds is 4. The third kappa shape index (κ3) is 4.43. The van der Waals surface area contributed by atoms with Crippen LogP contribution in [0.25, 0.3) is 11.4 Å². The number of nitrogens with one attached hydrogen (secondary N) is 1. The van der Waals surface area contributed by atoms with Crippen LogP contribution in [0.5, 0.6) is 0 Å². The predicted molar refractivity (Wildman–Crippen MR) is 113 cm³/mol. The van der Waals surface area contributed by atoms with Gasteiger partial charge in [0, 0.05) is 22.8 Å².